The molecule has 20 heavy (non-hydrogen) atoms. The van der Waals surface area contributed by atoms with Crippen molar-refractivity contribution in [3.63, 3.8) is 0 Å². The second kappa shape index (κ2) is 9.17. The number of hydrogen-bond donors (Lipinski definition) is 3. The maximum Gasteiger partial charge on any atom is 0.314 e. The SMILES string of the molecule is O=C(O)CCCNC(=O)NCCC(=O)N1CCCCC1. The van der Waals surface area contributed by atoms with Crippen LogP contribution in [0.1, 0.15) is 38.5 Å². The predicted octanol–water partition coefficient (Wildman–Crippen LogP) is 0.553. The average Bonchev–Trinajstić information content (AvgIpc) is 2.44. The van der Waals surface area contributed by atoms with Crippen molar-refractivity contribution in [3.05, 3.63) is 0 Å². The maximum atomic E-state index is 11.8. The van der Waals surface area contributed by atoms with E-state index in [1.807, 2.05) is 4.90 Å². The van der Waals surface area contributed by atoms with E-state index in [9.17, 15) is 14.4 Å². The number of nitrogens with one attached hydrogen (secondary N) is 2. The number of carbonyl (C=O) groups excluding carboxylic acids is 2. The van der Waals surface area contributed by atoms with Gasteiger partial charge in [-0.15, -0.1) is 0 Å². The zero-order valence-corrected chi connectivity index (χ0v) is 11.7. The van der Waals surface area contributed by atoms with Gasteiger partial charge in [0.25, 0.3) is 0 Å². The summed E-state index contributed by atoms with van der Waals surface area (Å²) in [6.45, 7) is 2.26. The van der Waals surface area contributed by atoms with Crippen molar-refractivity contribution < 1.29 is 19.5 Å². The molecule has 1 fully saturated rings. The van der Waals surface area contributed by atoms with Crippen LogP contribution in [0, 0.1) is 0 Å². The summed E-state index contributed by atoms with van der Waals surface area (Å²) in [5.41, 5.74) is 0. The van der Waals surface area contributed by atoms with E-state index in [2.05, 4.69) is 10.6 Å². The van der Waals surface area contributed by atoms with Crippen molar-refractivity contribution in [2.75, 3.05) is 26.2 Å². The number of amides is 3. The van der Waals surface area contributed by atoms with E-state index >= 15 is 0 Å². The summed E-state index contributed by atoms with van der Waals surface area (Å²) in [6, 6.07) is -0.359. The van der Waals surface area contributed by atoms with Gasteiger partial charge in [0.15, 0.2) is 0 Å². The lowest BCUT2D eigenvalue weighted by Gasteiger charge is -2.26. The fraction of sp³-hybridized carbons (Fsp3) is 0.769. The molecule has 0 saturated carbocycles. The highest BCUT2D eigenvalue weighted by molar-refractivity contribution is 5.78. The number of piperidine rings is 1. The Morgan fingerprint density at radius 2 is 1.60 bits per heavy atom. The fourth-order valence-electron chi connectivity index (χ4n) is 2.09. The van der Waals surface area contributed by atoms with Gasteiger partial charge in [-0.25, -0.2) is 4.79 Å². The first-order valence-corrected chi connectivity index (χ1v) is 7.11. The van der Waals surface area contributed by atoms with Crippen LogP contribution >= 0.6 is 0 Å². The summed E-state index contributed by atoms with van der Waals surface area (Å²) in [5.74, 6) is -0.796. The molecule has 0 aromatic heterocycles. The van der Waals surface area contributed by atoms with Gasteiger partial charge in [0, 0.05) is 39.0 Å². The van der Waals surface area contributed by atoms with Crippen molar-refractivity contribution >= 4 is 17.9 Å². The monoisotopic (exact) mass is 285 g/mol. The lowest BCUT2D eigenvalue weighted by molar-refractivity contribution is -0.137. The Balaban J connectivity index is 2.03. The third-order valence-electron chi connectivity index (χ3n) is 3.19. The molecule has 7 nitrogen and oxygen atoms in total. The van der Waals surface area contributed by atoms with Crippen molar-refractivity contribution in [2.24, 2.45) is 0 Å². The number of likely N-dealkylation sites (tertiary alicyclic amines) is 1. The molecular weight excluding hydrogens is 262 g/mol. The van der Waals surface area contributed by atoms with E-state index in [-0.39, 0.29) is 18.4 Å². The van der Waals surface area contributed by atoms with Crippen LogP contribution in [0.4, 0.5) is 4.79 Å². The summed E-state index contributed by atoms with van der Waals surface area (Å²) in [6.07, 6.45) is 4.04. The number of carbonyl (C=O) groups is 3. The Morgan fingerprint density at radius 3 is 2.25 bits per heavy atom. The van der Waals surface area contributed by atoms with Crippen LogP contribution in [-0.4, -0.2) is 54.1 Å². The van der Waals surface area contributed by atoms with Gasteiger partial charge in [-0.05, 0) is 25.7 Å². The summed E-state index contributed by atoms with van der Waals surface area (Å²) >= 11 is 0. The van der Waals surface area contributed by atoms with Gasteiger partial charge >= 0.3 is 12.0 Å². The van der Waals surface area contributed by atoms with E-state index < -0.39 is 5.97 Å². The van der Waals surface area contributed by atoms with Crippen LogP contribution in [0.2, 0.25) is 0 Å². The van der Waals surface area contributed by atoms with Gasteiger partial charge in [-0.3, -0.25) is 9.59 Å². The van der Waals surface area contributed by atoms with Crippen molar-refractivity contribution in [3.8, 4) is 0 Å². The molecule has 3 N–H and O–H groups in total. The molecule has 114 valence electrons. The highest BCUT2D eigenvalue weighted by Gasteiger charge is 2.15. The minimum atomic E-state index is -0.876. The smallest absolute Gasteiger partial charge is 0.314 e. The van der Waals surface area contributed by atoms with Gasteiger partial charge in [0.1, 0.15) is 0 Å². The molecule has 0 aliphatic carbocycles. The molecule has 1 saturated heterocycles. The number of urea groups is 1. The van der Waals surface area contributed by atoms with Gasteiger partial charge in [-0.1, -0.05) is 0 Å². The third-order valence-corrected chi connectivity index (χ3v) is 3.19. The van der Waals surface area contributed by atoms with Gasteiger partial charge < -0.3 is 20.6 Å². The van der Waals surface area contributed by atoms with Crippen molar-refractivity contribution in [1.29, 1.82) is 0 Å². The quantitative estimate of drug-likeness (QED) is 0.595. The topological polar surface area (TPSA) is 98.7 Å². The van der Waals surface area contributed by atoms with E-state index in [1.54, 1.807) is 0 Å². The molecule has 1 aliphatic heterocycles. The molecule has 1 heterocycles. The Hall–Kier alpha value is -1.79. The van der Waals surface area contributed by atoms with Crippen LogP contribution in [0.25, 0.3) is 0 Å². The zero-order chi connectivity index (χ0) is 14.8. The Bertz CT molecular complexity index is 341. The van der Waals surface area contributed by atoms with Gasteiger partial charge in [0.05, 0.1) is 0 Å². The number of rotatable bonds is 7. The molecule has 0 bridgehead atoms. The van der Waals surface area contributed by atoms with Crippen LogP contribution in [-0.2, 0) is 9.59 Å². The van der Waals surface area contributed by atoms with Crippen molar-refractivity contribution in [2.45, 2.75) is 38.5 Å². The molecule has 0 aromatic rings. The third kappa shape index (κ3) is 6.96. The molecule has 1 rings (SSSR count). The summed E-state index contributed by atoms with van der Waals surface area (Å²) in [5, 5.41) is 13.6. The Morgan fingerprint density at radius 1 is 0.950 bits per heavy atom. The minimum Gasteiger partial charge on any atom is -0.481 e. The molecule has 0 unspecified atom stereocenters. The molecule has 0 spiro atoms. The summed E-state index contributed by atoms with van der Waals surface area (Å²) in [4.78, 5) is 35.3. The van der Waals surface area contributed by atoms with E-state index in [0.717, 1.165) is 25.9 Å². The lowest BCUT2D eigenvalue weighted by Crippen LogP contribution is -2.40. The summed E-state index contributed by atoms with van der Waals surface area (Å²) < 4.78 is 0. The van der Waals surface area contributed by atoms with E-state index in [0.29, 0.717) is 25.9 Å². The Kier molecular flexibility index (Phi) is 7.46. The first-order chi connectivity index (χ1) is 9.59. The van der Waals surface area contributed by atoms with E-state index in [1.165, 1.54) is 6.42 Å². The van der Waals surface area contributed by atoms with Crippen molar-refractivity contribution in [1.82, 2.24) is 15.5 Å². The van der Waals surface area contributed by atoms with Crippen LogP contribution in [0.15, 0.2) is 0 Å². The van der Waals surface area contributed by atoms with Crippen LogP contribution in [0.5, 0.6) is 0 Å². The van der Waals surface area contributed by atoms with Crippen LogP contribution in [0.3, 0.4) is 0 Å². The largest absolute Gasteiger partial charge is 0.481 e. The fourth-order valence-corrected chi connectivity index (χ4v) is 2.09. The molecule has 7 heteroatoms. The normalized spacial score (nSPS) is 14.7. The lowest BCUT2D eigenvalue weighted by atomic mass is 10.1. The average molecular weight is 285 g/mol. The highest BCUT2D eigenvalue weighted by atomic mass is 16.4. The zero-order valence-electron chi connectivity index (χ0n) is 11.7. The van der Waals surface area contributed by atoms with Gasteiger partial charge in [-0.2, -0.15) is 0 Å². The maximum absolute atomic E-state index is 11.8. The van der Waals surface area contributed by atoms with Crippen LogP contribution < -0.4 is 10.6 Å². The highest BCUT2D eigenvalue weighted by Crippen LogP contribution is 2.09. The molecular formula is C13H23N3O4. The number of carboxylic acids is 1. The van der Waals surface area contributed by atoms with Gasteiger partial charge in [0.2, 0.25) is 5.91 Å². The number of carboxylic acid groups (broad SMARTS) is 1. The molecule has 0 atom stereocenters. The predicted molar refractivity (Wildman–Crippen MR) is 73.3 cm³/mol. The first-order valence-electron chi connectivity index (χ1n) is 7.11. The molecule has 3 amide bonds. The molecule has 1 aliphatic rings. The van der Waals surface area contributed by atoms with E-state index in [4.69, 9.17) is 5.11 Å². The Labute approximate surface area is 118 Å². The molecule has 0 aromatic carbocycles. The first kappa shape index (κ1) is 16.3. The number of aliphatic carboxylic acids is 1. The standard InChI is InChI=1S/C13H23N3O4/c17-11(16-9-2-1-3-10-16)6-8-15-13(20)14-7-4-5-12(18)19/h1-10H2,(H,18,19)(H2,14,15,20). The minimum absolute atomic E-state index is 0.0354. The number of hydrogen-bond acceptors (Lipinski definition) is 3. The number of nitrogens with zero attached hydrogens (tertiary/aromatic N) is 1. The summed E-state index contributed by atoms with van der Waals surface area (Å²) in [7, 11) is 0. The second-order valence-electron chi connectivity index (χ2n) is 4.87. The second-order valence-corrected chi connectivity index (χ2v) is 4.87. The molecule has 0 radical (unpaired) electrons.